The molecule has 0 bridgehead atoms. The van der Waals surface area contributed by atoms with E-state index in [4.69, 9.17) is 0 Å². The van der Waals surface area contributed by atoms with Crippen LogP contribution in [-0.4, -0.2) is 55.2 Å². The summed E-state index contributed by atoms with van der Waals surface area (Å²) in [6, 6.07) is 7.14. The van der Waals surface area contributed by atoms with Gasteiger partial charge in [0.2, 0.25) is 0 Å². The van der Waals surface area contributed by atoms with Crippen molar-refractivity contribution in [3.63, 3.8) is 0 Å². The second-order valence-electron chi connectivity index (χ2n) is 8.53. The summed E-state index contributed by atoms with van der Waals surface area (Å²) in [6.45, 7) is 7.20. The van der Waals surface area contributed by atoms with Gasteiger partial charge in [-0.3, -0.25) is 4.79 Å². The Morgan fingerprint density at radius 2 is 1.74 bits per heavy atom. The fourth-order valence-electron chi connectivity index (χ4n) is 3.85. The van der Waals surface area contributed by atoms with Crippen molar-refractivity contribution >= 4 is 17.7 Å². The summed E-state index contributed by atoms with van der Waals surface area (Å²) in [4.78, 5) is 24.0. The zero-order chi connectivity index (χ0) is 25.2. The first-order valence-corrected chi connectivity index (χ1v) is 12.1. The number of benzene rings is 1. The third-order valence-corrected chi connectivity index (χ3v) is 6.51. The number of hydrogen-bond donors (Lipinski definition) is 0. The number of likely N-dealkylation sites (tertiary alicyclic amines) is 1. The van der Waals surface area contributed by atoms with Gasteiger partial charge in [0.05, 0.1) is 11.4 Å². The maximum absolute atomic E-state index is 13.3. The van der Waals surface area contributed by atoms with E-state index in [1.807, 2.05) is 19.9 Å². The minimum Gasteiger partial charge on any atom is -0.406 e. The number of thioether (sulfide) groups is 1. The number of nitrogens with zero attached hydrogens (tertiary/aromatic N) is 6. The van der Waals surface area contributed by atoms with Gasteiger partial charge in [-0.05, 0) is 62.9 Å². The number of hydrogen-bond acceptors (Lipinski definition) is 7. The maximum Gasteiger partial charge on any atom is 0.573 e. The summed E-state index contributed by atoms with van der Waals surface area (Å²) in [5.74, 6) is 0.294. The zero-order valence-corrected chi connectivity index (χ0v) is 20.4. The third kappa shape index (κ3) is 6.30. The van der Waals surface area contributed by atoms with Gasteiger partial charge in [-0.15, -0.1) is 18.3 Å². The molecule has 1 aliphatic rings. The molecule has 12 heteroatoms. The fourth-order valence-corrected chi connectivity index (χ4v) is 4.79. The largest absolute Gasteiger partial charge is 0.573 e. The minimum absolute atomic E-state index is 0.211. The molecule has 0 aliphatic carbocycles. The molecule has 1 saturated heterocycles. The second-order valence-corrected chi connectivity index (χ2v) is 9.48. The summed E-state index contributed by atoms with van der Waals surface area (Å²) < 4.78 is 43.0. The molecular weight excluding hydrogens is 481 g/mol. The molecule has 3 heterocycles. The quantitative estimate of drug-likeness (QED) is 0.353. The van der Waals surface area contributed by atoms with E-state index in [0.717, 1.165) is 24.2 Å². The van der Waals surface area contributed by atoms with Crippen molar-refractivity contribution in [2.24, 2.45) is 5.92 Å². The average molecular weight is 507 g/mol. The summed E-state index contributed by atoms with van der Waals surface area (Å²) in [6.07, 6.45) is -2.95. The molecule has 3 aromatic rings. The van der Waals surface area contributed by atoms with Crippen LogP contribution in [0.1, 0.15) is 47.3 Å². The highest BCUT2D eigenvalue weighted by Gasteiger charge is 2.31. The van der Waals surface area contributed by atoms with E-state index in [1.165, 1.54) is 40.7 Å². The molecule has 1 amide bonds. The van der Waals surface area contributed by atoms with Crippen LogP contribution in [0.4, 0.5) is 13.2 Å². The molecule has 0 radical (unpaired) electrons. The molecule has 4 rings (SSSR count). The second kappa shape index (κ2) is 10.2. The van der Waals surface area contributed by atoms with E-state index >= 15 is 0 Å². The van der Waals surface area contributed by atoms with Gasteiger partial charge in [0.15, 0.2) is 10.9 Å². The highest BCUT2D eigenvalue weighted by molar-refractivity contribution is 7.98. The third-order valence-electron chi connectivity index (χ3n) is 5.65. The summed E-state index contributed by atoms with van der Waals surface area (Å²) in [5, 5.41) is 8.89. The van der Waals surface area contributed by atoms with Gasteiger partial charge in [0.25, 0.3) is 5.91 Å². The topological polar surface area (TPSA) is 86.0 Å². The molecule has 1 fully saturated rings. The number of piperidine rings is 1. The molecule has 0 spiro atoms. The van der Waals surface area contributed by atoms with Crippen LogP contribution < -0.4 is 4.74 Å². The monoisotopic (exact) mass is 506 g/mol. The summed E-state index contributed by atoms with van der Waals surface area (Å²) in [5.41, 5.74) is 2.84. The Morgan fingerprint density at radius 3 is 2.34 bits per heavy atom. The maximum atomic E-state index is 13.3. The Labute approximate surface area is 204 Å². The minimum atomic E-state index is -4.78. The normalized spacial score (nSPS) is 14.9. The van der Waals surface area contributed by atoms with Gasteiger partial charge in [-0.1, -0.05) is 23.9 Å². The number of amides is 1. The molecule has 0 N–H and O–H groups in total. The van der Waals surface area contributed by atoms with Crippen LogP contribution in [-0.2, 0) is 5.75 Å². The van der Waals surface area contributed by atoms with Gasteiger partial charge in [-0.2, -0.15) is 0 Å². The molecule has 0 unspecified atom stereocenters. The Morgan fingerprint density at radius 1 is 1.11 bits per heavy atom. The molecule has 0 saturated carbocycles. The first-order valence-electron chi connectivity index (χ1n) is 11.1. The molecule has 2 aromatic heterocycles. The molecule has 1 aliphatic heterocycles. The highest BCUT2D eigenvalue weighted by atomic mass is 32.2. The van der Waals surface area contributed by atoms with Gasteiger partial charge in [0, 0.05) is 30.2 Å². The summed E-state index contributed by atoms with van der Waals surface area (Å²) in [7, 11) is 0. The standard InChI is InChI=1S/C23H25F3N6O2S/c1-14-8-10-31(11-9-14)21(33)20-19(13-35-22-27-15(2)12-16(3)28-22)32(30-29-20)17-4-6-18(7-5-17)34-23(24,25)26/h4-7,12,14H,8-11,13H2,1-3H3. The van der Waals surface area contributed by atoms with Crippen molar-refractivity contribution in [1.29, 1.82) is 0 Å². The Bertz CT molecular complexity index is 1170. The lowest BCUT2D eigenvalue weighted by atomic mass is 9.99. The van der Waals surface area contributed by atoms with E-state index in [9.17, 15) is 18.0 Å². The first kappa shape index (κ1) is 25.0. The first-order chi connectivity index (χ1) is 16.6. The molecule has 8 nitrogen and oxygen atoms in total. The number of halogens is 3. The van der Waals surface area contributed by atoms with Crippen molar-refractivity contribution in [3.05, 3.63) is 53.1 Å². The van der Waals surface area contributed by atoms with Crippen LogP contribution in [0.5, 0.6) is 5.75 Å². The van der Waals surface area contributed by atoms with Crippen molar-refractivity contribution in [2.45, 2.75) is 50.9 Å². The number of carbonyl (C=O) groups excluding carboxylic acids is 1. The number of alkyl halides is 3. The van der Waals surface area contributed by atoms with Crippen molar-refractivity contribution in [3.8, 4) is 11.4 Å². The number of aryl methyl sites for hydroxylation is 2. The molecule has 0 atom stereocenters. The van der Waals surface area contributed by atoms with E-state index in [0.29, 0.717) is 41.3 Å². The van der Waals surface area contributed by atoms with Gasteiger partial charge in [0.1, 0.15) is 5.75 Å². The van der Waals surface area contributed by atoms with Crippen molar-refractivity contribution < 1.29 is 22.7 Å². The van der Waals surface area contributed by atoms with Crippen LogP contribution in [0.2, 0.25) is 0 Å². The molecule has 1 aromatic carbocycles. The predicted molar refractivity (Wildman–Crippen MR) is 123 cm³/mol. The number of rotatable bonds is 6. The zero-order valence-electron chi connectivity index (χ0n) is 19.5. The lowest BCUT2D eigenvalue weighted by Crippen LogP contribution is -2.38. The van der Waals surface area contributed by atoms with E-state index in [1.54, 1.807) is 4.90 Å². The van der Waals surface area contributed by atoms with Crippen LogP contribution in [0.15, 0.2) is 35.5 Å². The highest BCUT2D eigenvalue weighted by Crippen LogP contribution is 2.28. The smallest absolute Gasteiger partial charge is 0.406 e. The summed E-state index contributed by atoms with van der Waals surface area (Å²) >= 11 is 1.34. The fraction of sp³-hybridized carbons (Fsp3) is 0.435. The van der Waals surface area contributed by atoms with Gasteiger partial charge in [-0.25, -0.2) is 14.6 Å². The Hall–Kier alpha value is -3.15. The number of carbonyl (C=O) groups is 1. The van der Waals surface area contributed by atoms with E-state index in [-0.39, 0.29) is 17.4 Å². The molecular formula is C23H25F3N6O2S. The van der Waals surface area contributed by atoms with Crippen LogP contribution in [0, 0.1) is 19.8 Å². The van der Waals surface area contributed by atoms with Crippen LogP contribution >= 0.6 is 11.8 Å². The van der Waals surface area contributed by atoms with Gasteiger partial charge >= 0.3 is 6.36 Å². The lowest BCUT2D eigenvalue weighted by Gasteiger charge is -2.29. The van der Waals surface area contributed by atoms with Crippen molar-refractivity contribution in [1.82, 2.24) is 29.9 Å². The van der Waals surface area contributed by atoms with Crippen LogP contribution in [0.25, 0.3) is 5.69 Å². The Kier molecular flexibility index (Phi) is 7.29. The van der Waals surface area contributed by atoms with Crippen molar-refractivity contribution in [2.75, 3.05) is 13.1 Å². The number of ether oxygens (including phenoxy) is 1. The predicted octanol–water partition coefficient (Wildman–Crippen LogP) is 4.74. The Balaban J connectivity index is 1.64. The van der Waals surface area contributed by atoms with Crippen LogP contribution in [0.3, 0.4) is 0 Å². The SMILES string of the molecule is Cc1cc(C)nc(SCc2c(C(=O)N3CCC(C)CC3)nnn2-c2ccc(OC(F)(F)F)cc2)n1. The number of aromatic nitrogens is 5. The molecule has 35 heavy (non-hydrogen) atoms. The van der Waals surface area contributed by atoms with Gasteiger partial charge < -0.3 is 9.64 Å². The van der Waals surface area contributed by atoms with E-state index in [2.05, 4.69) is 31.9 Å². The lowest BCUT2D eigenvalue weighted by molar-refractivity contribution is -0.274. The molecule has 186 valence electrons. The van der Waals surface area contributed by atoms with E-state index < -0.39 is 6.36 Å². The average Bonchev–Trinajstić information content (AvgIpc) is 3.20.